The Kier molecular flexibility index (Phi) is 4.81. The molecule has 0 fully saturated rings. The molecule has 0 N–H and O–H groups in total. The molecule has 0 saturated heterocycles. The number of benzene rings is 3. The van der Waals surface area contributed by atoms with Crippen LogP contribution in [0.4, 0.5) is 5.69 Å². The lowest BCUT2D eigenvalue weighted by molar-refractivity contribution is 0.296. The van der Waals surface area contributed by atoms with E-state index in [2.05, 4.69) is 5.29 Å². The summed E-state index contributed by atoms with van der Waals surface area (Å²) in [5, 5.41) is 4.03. The van der Waals surface area contributed by atoms with Crippen LogP contribution in [0.5, 0.6) is 0 Å². The van der Waals surface area contributed by atoms with Crippen molar-refractivity contribution in [2.24, 2.45) is 5.29 Å². The minimum absolute atomic E-state index is 0.421. The Balaban J connectivity index is 1.94. The van der Waals surface area contributed by atoms with Crippen LogP contribution in [0.2, 0.25) is 0 Å². The molecule has 0 heterocycles. The molecule has 112 valence electrons. The molecule has 5 heteroatoms. The number of anilines is 1. The molecule has 0 aliphatic carbocycles. The Hall–Kier alpha value is -2.92. The van der Waals surface area contributed by atoms with Gasteiger partial charge in [-0.3, -0.25) is 0 Å². The molecular formula is C18H15BN2O2. The largest absolute Gasteiger partial charge is 0.398 e. The van der Waals surface area contributed by atoms with Crippen molar-refractivity contribution < 1.29 is 4.76 Å². The fourth-order valence-electron chi connectivity index (χ4n) is 2.35. The lowest BCUT2D eigenvalue weighted by Gasteiger charge is -2.21. The van der Waals surface area contributed by atoms with Gasteiger partial charge in [-0.05, 0) is 23.1 Å². The van der Waals surface area contributed by atoms with Crippen molar-refractivity contribution in [1.82, 2.24) is 0 Å². The van der Waals surface area contributed by atoms with Gasteiger partial charge in [0.25, 0.3) is 0 Å². The zero-order chi connectivity index (χ0) is 15.9. The number of hydrogen-bond donors (Lipinski definition) is 0. The van der Waals surface area contributed by atoms with E-state index in [1.165, 1.54) is 0 Å². The quantitative estimate of drug-likeness (QED) is 0.399. The summed E-state index contributed by atoms with van der Waals surface area (Å²) in [6, 6.07) is 28.6. The fraction of sp³-hybridized carbons (Fsp3) is 0. The second-order valence-electron chi connectivity index (χ2n) is 5.00. The third kappa shape index (κ3) is 3.65. The maximum absolute atomic E-state index is 11.3. The van der Waals surface area contributed by atoms with E-state index >= 15 is 0 Å². The normalized spacial score (nSPS) is 10.1. The molecule has 23 heavy (non-hydrogen) atoms. The van der Waals surface area contributed by atoms with Crippen LogP contribution in [0, 0.1) is 4.91 Å². The Bertz CT molecular complexity index is 699. The second kappa shape index (κ2) is 7.38. The predicted octanol–water partition coefficient (Wildman–Crippen LogP) is 2.91. The van der Waals surface area contributed by atoms with Crippen molar-refractivity contribution in [2.45, 2.75) is 0 Å². The smallest absolute Gasteiger partial charge is 0.303 e. The van der Waals surface area contributed by atoms with Crippen molar-refractivity contribution in [3.05, 3.63) is 95.9 Å². The number of hydrogen-bond acceptors (Lipinski definition) is 3. The van der Waals surface area contributed by atoms with Gasteiger partial charge in [0.1, 0.15) is 0 Å². The van der Waals surface area contributed by atoms with Gasteiger partial charge in [0, 0.05) is 0 Å². The van der Waals surface area contributed by atoms with Gasteiger partial charge in [-0.2, -0.15) is 0 Å². The highest BCUT2D eigenvalue weighted by Crippen LogP contribution is 2.14. The number of rotatable bonds is 6. The van der Waals surface area contributed by atoms with Crippen LogP contribution in [0.25, 0.3) is 0 Å². The van der Waals surface area contributed by atoms with Crippen molar-refractivity contribution in [1.29, 1.82) is 0 Å². The van der Waals surface area contributed by atoms with E-state index in [-0.39, 0.29) is 0 Å². The van der Waals surface area contributed by atoms with Gasteiger partial charge in [-0.25, -0.2) is 0 Å². The maximum atomic E-state index is 11.3. The van der Waals surface area contributed by atoms with Crippen LogP contribution in [0.15, 0.2) is 96.3 Å². The Labute approximate surface area is 135 Å². The number of nitroso groups, excluding NO2 is 1. The standard InChI is InChI=1S/C18H15BN2O2/c22-20-21(18-14-8-3-9-15-18)23-19(16-10-4-1-5-11-16)17-12-6-2-7-13-17/h1-15H. The molecule has 0 unspecified atom stereocenters. The van der Waals surface area contributed by atoms with Gasteiger partial charge in [0.05, 0.1) is 11.0 Å². The molecule has 0 bridgehead atoms. The lowest BCUT2D eigenvalue weighted by atomic mass is 9.56. The van der Waals surface area contributed by atoms with Crippen molar-refractivity contribution in [2.75, 3.05) is 5.17 Å². The van der Waals surface area contributed by atoms with Gasteiger partial charge < -0.3 is 4.76 Å². The molecule has 3 aromatic carbocycles. The van der Waals surface area contributed by atoms with Crippen molar-refractivity contribution in [3.8, 4) is 0 Å². The average Bonchev–Trinajstić information content (AvgIpc) is 2.65. The van der Waals surface area contributed by atoms with Crippen LogP contribution >= 0.6 is 0 Å². The summed E-state index contributed by atoms with van der Waals surface area (Å²) >= 11 is 0. The van der Waals surface area contributed by atoms with Crippen LogP contribution in [-0.2, 0) is 4.76 Å². The first-order valence-corrected chi connectivity index (χ1v) is 7.33. The monoisotopic (exact) mass is 302 g/mol. The highest BCUT2D eigenvalue weighted by atomic mass is 16.7. The molecule has 0 aliphatic rings. The summed E-state index contributed by atoms with van der Waals surface area (Å²) in [6.07, 6.45) is 0. The number of nitrogens with zero attached hydrogens (tertiary/aromatic N) is 2. The molecule has 4 nitrogen and oxygen atoms in total. The first kappa shape index (κ1) is 15.0. The zero-order valence-electron chi connectivity index (χ0n) is 12.4. The van der Waals surface area contributed by atoms with E-state index < -0.39 is 6.92 Å². The van der Waals surface area contributed by atoms with E-state index in [1.807, 2.05) is 78.9 Å². The summed E-state index contributed by atoms with van der Waals surface area (Å²) in [4.78, 5) is 11.3. The Morgan fingerprint density at radius 1 is 0.696 bits per heavy atom. The highest BCUT2D eigenvalue weighted by molar-refractivity contribution is 6.80. The molecule has 0 radical (unpaired) electrons. The lowest BCUT2D eigenvalue weighted by Crippen LogP contribution is -2.48. The summed E-state index contributed by atoms with van der Waals surface area (Å²) in [7, 11) is 0. The molecule has 0 saturated carbocycles. The third-order valence-corrected chi connectivity index (χ3v) is 3.46. The van der Waals surface area contributed by atoms with E-state index in [0.717, 1.165) is 16.1 Å². The zero-order valence-corrected chi connectivity index (χ0v) is 12.4. The highest BCUT2D eigenvalue weighted by Gasteiger charge is 2.26. The summed E-state index contributed by atoms with van der Waals surface area (Å²) in [5.41, 5.74) is 2.48. The minimum atomic E-state index is -0.421. The molecule has 0 spiro atoms. The first-order valence-electron chi connectivity index (χ1n) is 7.33. The van der Waals surface area contributed by atoms with Gasteiger partial charge >= 0.3 is 6.92 Å². The van der Waals surface area contributed by atoms with Crippen LogP contribution in [0.1, 0.15) is 0 Å². The Morgan fingerprint density at radius 2 is 1.13 bits per heavy atom. The van der Waals surface area contributed by atoms with Crippen LogP contribution < -0.4 is 16.1 Å². The summed E-state index contributed by atoms with van der Waals surface area (Å²) in [6.45, 7) is -0.421. The molecule has 3 rings (SSSR count). The first-order chi connectivity index (χ1) is 11.4. The Morgan fingerprint density at radius 3 is 1.57 bits per heavy atom. The third-order valence-electron chi connectivity index (χ3n) is 3.46. The molecule has 0 aliphatic heterocycles. The minimum Gasteiger partial charge on any atom is -0.303 e. The molecule has 0 atom stereocenters. The van der Waals surface area contributed by atoms with E-state index in [0.29, 0.717) is 5.69 Å². The summed E-state index contributed by atoms with van der Waals surface area (Å²) in [5.74, 6) is 0. The molecule has 3 aromatic rings. The van der Waals surface area contributed by atoms with E-state index in [1.54, 1.807) is 12.1 Å². The van der Waals surface area contributed by atoms with Gasteiger partial charge in [0.2, 0.25) is 0 Å². The second-order valence-corrected chi connectivity index (χ2v) is 5.00. The van der Waals surface area contributed by atoms with Crippen LogP contribution in [-0.4, -0.2) is 6.92 Å². The van der Waals surface area contributed by atoms with Crippen LogP contribution in [0.3, 0.4) is 0 Å². The average molecular weight is 302 g/mol. The molecule has 0 amide bonds. The van der Waals surface area contributed by atoms with E-state index in [4.69, 9.17) is 4.76 Å². The van der Waals surface area contributed by atoms with Gasteiger partial charge in [-0.15, -0.1) is 10.1 Å². The number of para-hydroxylation sites is 1. The van der Waals surface area contributed by atoms with E-state index in [9.17, 15) is 4.91 Å². The predicted molar refractivity (Wildman–Crippen MR) is 93.7 cm³/mol. The van der Waals surface area contributed by atoms with Gasteiger partial charge in [0.15, 0.2) is 0 Å². The van der Waals surface area contributed by atoms with Crippen molar-refractivity contribution >= 4 is 23.5 Å². The topological polar surface area (TPSA) is 41.9 Å². The fourth-order valence-corrected chi connectivity index (χ4v) is 2.35. The van der Waals surface area contributed by atoms with Crippen molar-refractivity contribution in [3.63, 3.8) is 0 Å². The van der Waals surface area contributed by atoms with Gasteiger partial charge in [-0.1, -0.05) is 78.9 Å². The maximum Gasteiger partial charge on any atom is 0.398 e. The summed E-state index contributed by atoms with van der Waals surface area (Å²) < 4.78 is 5.91. The SMILES string of the molecule is O=NN(OB(c1ccccc1)c1ccccc1)c1ccccc1. The molecule has 0 aromatic heterocycles. The molecular weight excluding hydrogens is 287 g/mol.